The van der Waals surface area contributed by atoms with Crippen LogP contribution < -0.4 is 0 Å². The highest BCUT2D eigenvalue weighted by Crippen LogP contribution is 2.16. The maximum absolute atomic E-state index is 12.7. The summed E-state index contributed by atoms with van der Waals surface area (Å²) < 4.78 is 12.7. The van der Waals surface area contributed by atoms with E-state index in [2.05, 4.69) is 6.58 Å². The van der Waals surface area contributed by atoms with E-state index in [1.54, 1.807) is 0 Å². The SMILES string of the molecule is C=CCC(=O)c1ccc(F)c(Cl)c1. The monoisotopic (exact) mass is 198 g/mol. The third kappa shape index (κ3) is 2.39. The summed E-state index contributed by atoms with van der Waals surface area (Å²) in [7, 11) is 0. The maximum atomic E-state index is 12.7. The molecule has 68 valence electrons. The number of hydrogen-bond donors (Lipinski definition) is 0. The Bertz CT molecular complexity index is 347. The molecule has 1 aromatic rings. The average Bonchev–Trinajstić information content (AvgIpc) is 2.10. The Labute approximate surface area is 80.8 Å². The molecule has 13 heavy (non-hydrogen) atoms. The van der Waals surface area contributed by atoms with Crippen LogP contribution in [0.1, 0.15) is 16.8 Å². The van der Waals surface area contributed by atoms with Gasteiger partial charge in [0.25, 0.3) is 0 Å². The van der Waals surface area contributed by atoms with Gasteiger partial charge < -0.3 is 0 Å². The highest BCUT2D eigenvalue weighted by Gasteiger charge is 2.06. The maximum Gasteiger partial charge on any atom is 0.166 e. The fourth-order valence-corrected chi connectivity index (χ4v) is 1.10. The first-order chi connectivity index (χ1) is 6.15. The summed E-state index contributed by atoms with van der Waals surface area (Å²) in [6.45, 7) is 3.44. The predicted molar refractivity (Wildman–Crippen MR) is 50.6 cm³/mol. The zero-order valence-corrected chi connectivity index (χ0v) is 7.64. The van der Waals surface area contributed by atoms with Crippen molar-refractivity contribution >= 4 is 17.4 Å². The topological polar surface area (TPSA) is 17.1 Å². The van der Waals surface area contributed by atoms with Crippen LogP contribution in [0.3, 0.4) is 0 Å². The lowest BCUT2D eigenvalue weighted by molar-refractivity contribution is 0.0996. The van der Waals surface area contributed by atoms with E-state index in [0.717, 1.165) is 0 Å². The molecule has 0 aliphatic rings. The number of halogens is 2. The van der Waals surface area contributed by atoms with Crippen molar-refractivity contribution in [3.05, 3.63) is 47.3 Å². The van der Waals surface area contributed by atoms with Crippen LogP contribution in [-0.4, -0.2) is 5.78 Å². The first-order valence-electron chi connectivity index (χ1n) is 3.74. The van der Waals surface area contributed by atoms with Crippen molar-refractivity contribution in [3.63, 3.8) is 0 Å². The first kappa shape index (κ1) is 9.93. The molecule has 0 aliphatic heterocycles. The molecule has 0 aliphatic carbocycles. The smallest absolute Gasteiger partial charge is 0.166 e. The van der Waals surface area contributed by atoms with Crippen LogP contribution in [0.2, 0.25) is 5.02 Å². The Hall–Kier alpha value is -1.15. The van der Waals surface area contributed by atoms with Gasteiger partial charge in [-0.2, -0.15) is 0 Å². The lowest BCUT2D eigenvalue weighted by Gasteiger charge is -1.98. The first-order valence-corrected chi connectivity index (χ1v) is 4.12. The van der Waals surface area contributed by atoms with Crippen molar-refractivity contribution in [1.29, 1.82) is 0 Å². The molecule has 1 aromatic carbocycles. The molecule has 0 N–H and O–H groups in total. The van der Waals surface area contributed by atoms with Gasteiger partial charge in [-0.05, 0) is 18.2 Å². The van der Waals surface area contributed by atoms with Crippen LogP contribution in [0.5, 0.6) is 0 Å². The van der Waals surface area contributed by atoms with E-state index in [4.69, 9.17) is 11.6 Å². The molecule has 0 saturated carbocycles. The van der Waals surface area contributed by atoms with Crippen molar-refractivity contribution in [1.82, 2.24) is 0 Å². The van der Waals surface area contributed by atoms with Gasteiger partial charge in [0.05, 0.1) is 5.02 Å². The van der Waals surface area contributed by atoms with E-state index in [0.29, 0.717) is 5.56 Å². The number of benzene rings is 1. The number of carbonyl (C=O) groups excluding carboxylic acids is 1. The number of allylic oxidation sites excluding steroid dienone is 1. The molecule has 0 spiro atoms. The Balaban J connectivity index is 2.96. The molecule has 0 amide bonds. The number of ketones is 1. The number of rotatable bonds is 3. The third-order valence-electron chi connectivity index (χ3n) is 1.57. The molecule has 0 saturated heterocycles. The second-order valence-corrected chi connectivity index (χ2v) is 2.95. The van der Waals surface area contributed by atoms with E-state index in [1.807, 2.05) is 0 Å². The summed E-state index contributed by atoms with van der Waals surface area (Å²) in [5.74, 6) is -0.631. The van der Waals surface area contributed by atoms with Crippen LogP contribution >= 0.6 is 11.6 Å². The summed E-state index contributed by atoms with van der Waals surface area (Å²) in [6.07, 6.45) is 1.74. The minimum absolute atomic E-state index is 0.0325. The summed E-state index contributed by atoms with van der Waals surface area (Å²) in [5, 5.41) is -0.0325. The molecule has 0 fully saturated rings. The standard InChI is InChI=1S/C10H8ClFO/c1-2-3-10(13)7-4-5-9(12)8(11)6-7/h2,4-6H,1,3H2. The Morgan fingerprint density at radius 3 is 2.85 bits per heavy atom. The Kier molecular flexibility index (Phi) is 3.20. The van der Waals surface area contributed by atoms with Gasteiger partial charge in [-0.3, -0.25) is 4.79 Å². The summed E-state index contributed by atoms with van der Waals surface area (Å²) in [6, 6.07) is 3.91. The lowest BCUT2D eigenvalue weighted by atomic mass is 10.1. The van der Waals surface area contributed by atoms with E-state index < -0.39 is 5.82 Å². The van der Waals surface area contributed by atoms with Crippen molar-refractivity contribution in [2.75, 3.05) is 0 Å². The molecule has 3 heteroatoms. The van der Waals surface area contributed by atoms with Crippen LogP contribution in [-0.2, 0) is 0 Å². The molecular weight excluding hydrogens is 191 g/mol. The zero-order chi connectivity index (χ0) is 9.84. The number of Topliss-reactive ketones (excluding diaryl/α,β-unsaturated/α-hetero) is 1. The molecular formula is C10H8ClFO. The summed E-state index contributed by atoms with van der Waals surface area (Å²) >= 11 is 5.51. The normalized spacial score (nSPS) is 9.69. The van der Waals surface area contributed by atoms with Crippen LogP contribution in [0, 0.1) is 5.82 Å². The largest absolute Gasteiger partial charge is 0.294 e. The lowest BCUT2D eigenvalue weighted by Crippen LogP contribution is -1.97. The average molecular weight is 199 g/mol. The van der Waals surface area contributed by atoms with Crippen molar-refractivity contribution in [2.45, 2.75) is 6.42 Å². The van der Waals surface area contributed by atoms with E-state index in [1.165, 1.54) is 24.3 Å². The second-order valence-electron chi connectivity index (χ2n) is 2.54. The molecule has 0 radical (unpaired) electrons. The molecule has 0 aromatic heterocycles. The molecule has 0 unspecified atom stereocenters. The van der Waals surface area contributed by atoms with Gasteiger partial charge in [0, 0.05) is 12.0 Å². The zero-order valence-electron chi connectivity index (χ0n) is 6.89. The third-order valence-corrected chi connectivity index (χ3v) is 1.86. The number of carbonyl (C=O) groups is 1. The quantitative estimate of drug-likeness (QED) is 0.538. The van der Waals surface area contributed by atoms with Crippen LogP contribution in [0.4, 0.5) is 4.39 Å². The van der Waals surface area contributed by atoms with E-state index in [-0.39, 0.29) is 17.2 Å². The van der Waals surface area contributed by atoms with Gasteiger partial charge in [0.1, 0.15) is 5.82 Å². The van der Waals surface area contributed by atoms with E-state index in [9.17, 15) is 9.18 Å². The van der Waals surface area contributed by atoms with Crippen molar-refractivity contribution in [3.8, 4) is 0 Å². The molecule has 1 nitrogen and oxygen atoms in total. The molecule has 0 heterocycles. The van der Waals surface area contributed by atoms with Gasteiger partial charge in [-0.15, -0.1) is 6.58 Å². The molecule has 0 bridgehead atoms. The summed E-state index contributed by atoms with van der Waals surface area (Å²) in [4.78, 5) is 11.3. The fourth-order valence-electron chi connectivity index (χ4n) is 0.919. The second kappa shape index (κ2) is 4.19. The minimum atomic E-state index is -0.517. The Morgan fingerprint density at radius 1 is 1.62 bits per heavy atom. The van der Waals surface area contributed by atoms with Crippen LogP contribution in [0.25, 0.3) is 0 Å². The molecule has 1 rings (SSSR count). The fraction of sp³-hybridized carbons (Fsp3) is 0.100. The van der Waals surface area contributed by atoms with Crippen molar-refractivity contribution in [2.24, 2.45) is 0 Å². The predicted octanol–water partition coefficient (Wildman–Crippen LogP) is 3.24. The minimum Gasteiger partial charge on any atom is -0.294 e. The van der Waals surface area contributed by atoms with Gasteiger partial charge in [-0.1, -0.05) is 17.7 Å². The Morgan fingerprint density at radius 2 is 2.31 bits per heavy atom. The van der Waals surface area contributed by atoms with Crippen LogP contribution in [0.15, 0.2) is 30.9 Å². The number of hydrogen-bond acceptors (Lipinski definition) is 1. The summed E-state index contributed by atoms with van der Waals surface area (Å²) in [5.41, 5.74) is 0.409. The van der Waals surface area contributed by atoms with E-state index >= 15 is 0 Å². The van der Waals surface area contributed by atoms with Gasteiger partial charge >= 0.3 is 0 Å². The highest BCUT2D eigenvalue weighted by atomic mass is 35.5. The van der Waals surface area contributed by atoms with Gasteiger partial charge in [0.15, 0.2) is 5.78 Å². The highest BCUT2D eigenvalue weighted by molar-refractivity contribution is 6.31. The van der Waals surface area contributed by atoms with Gasteiger partial charge in [0.2, 0.25) is 0 Å². The molecule has 0 atom stereocenters. The van der Waals surface area contributed by atoms with Crippen molar-refractivity contribution < 1.29 is 9.18 Å². The van der Waals surface area contributed by atoms with Gasteiger partial charge in [-0.25, -0.2) is 4.39 Å².